The number of hydrogen-bond acceptors (Lipinski definition) is 1. The van der Waals surface area contributed by atoms with Crippen molar-refractivity contribution < 1.29 is 0 Å². The van der Waals surface area contributed by atoms with Gasteiger partial charge in [-0.05, 0) is 68.6 Å². The Balaban J connectivity index is 1.33. The number of hydrogen-bond donors (Lipinski definition) is 0. The number of aryl methyl sites for hydroxylation is 1. The molecule has 2 aromatic carbocycles. The first kappa shape index (κ1) is 16.9. The van der Waals surface area contributed by atoms with E-state index in [-0.39, 0.29) is 0 Å². The minimum atomic E-state index is 0.691. The number of nitrogens with zero attached hydrogens (tertiary/aromatic N) is 2. The first-order valence-electron chi connectivity index (χ1n) is 11.3. The second kappa shape index (κ2) is 6.77. The quantitative estimate of drug-likeness (QED) is 0.558. The summed E-state index contributed by atoms with van der Waals surface area (Å²) in [5, 5.41) is 1.54. The van der Waals surface area contributed by atoms with Crippen LogP contribution in [0.5, 0.6) is 0 Å². The Bertz CT molecular complexity index is 972. The van der Waals surface area contributed by atoms with Gasteiger partial charge in [-0.3, -0.25) is 4.90 Å². The summed E-state index contributed by atoms with van der Waals surface area (Å²) in [7, 11) is 0. The molecule has 3 aliphatic rings. The van der Waals surface area contributed by atoms with Crippen LogP contribution in [-0.2, 0) is 19.4 Å². The lowest BCUT2D eigenvalue weighted by atomic mass is 9.93. The summed E-state index contributed by atoms with van der Waals surface area (Å²) in [5.41, 5.74) is 6.33. The molecule has 2 bridgehead atoms. The lowest BCUT2D eigenvalue weighted by Gasteiger charge is -2.40. The monoisotopic (exact) mass is 370 g/mol. The Labute approximate surface area is 168 Å². The molecular formula is C26H30N2. The minimum Gasteiger partial charge on any atom is -0.341 e. The van der Waals surface area contributed by atoms with E-state index in [1.165, 1.54) is 67.8 Å². The summed E-state index contributed by atoms with van der Waals surface area (Å²) < 4.78 is 2.80. The molecule has 0 spiro atoms. The predicted molar refractivity (Wildman–Crippen MR) is 116 cm³/mol. The molecule has 3 aromatic rings. The van der Waals surface area contributed by atoms with Crippen LogP contribution in [-0.4, -0.2) is 21.6 Å². The Morgan fingerprint density at radius 3 is 2.29 bits per heavy atom. The zero-order valence-electron chi connectivity index (χ0n) is 16.7. The van der Waals surface area contributed by atoms with Gasteiger partial charge in [-0.2, -0.15) is 0 Å². The maximum absolute atomic E-state index is 2.82. The molecule has 144 valence electrons. The zero-order chi connectivity index (χ0) is 18.5. The lowest BCUT2D eigenvalue weighted by Crippen LogP contribution is -2.43. The van der Waals surface area contributed by atoms with Crippen LogP contribution in [0.2, 0.25) is 0 Å². The van der Waals surface area contributed by atoms with Gasteiger partial charge in [0.15, 0.2) is 0 Å². The van der Waals surface area contributed by atoms with Crippen molar-refractivity contribution in [2.24, 2.45) is 0 Å². The summed E-state index contributed by atoms with van der Waals surface area (Å²) in [5.74, 6) is 0. The molecule has 3 heterocycles. The van der Waals surface area contributed by atoms with E-state index in [0.717, 1.165) is 18.6 Å². The van der Waals surface area contributed by atoms with Crippen molar-refractivity contribution in [1.82, 2.24) is 9.47 Å². The normalized spacial score (nSPS) is 27.2. The van der Waals surface area contributed by atoms with Crippen LogP contribution in [0.4, 0.5) is 0 Å². The van der Waals surface area contributed by atoms with Gasteiger partial charge in [0.25, 0.3) is 0 Å². The number of para-hydroxylation sites is 1. The van der Waals surface area contributed by atoms with Crippen LogP contribution in [0.15, 0.2) is 54.6 Å². The van der Waals surface area contributed by atoms with E-state index < -0.39 is 0 Å². The Hall–Kier alpha value is -2.06. The van der Waals surface area contributed by atoms with Gasteiger partial charge in [-0.25, -0.2) is 0 Å². The van der Waals surface area contributed by atoms with E-state index in [1.807, 2.05) is 0 Å². The van der Waals surface area contributed by atoms with Gasteiger partial charge >= 0.3 is 0 Å². The van der Waals surface area contributed by atoms with Crippen LogP contribution in [0, 0.1) is 0 Å². The maximum Gasteiger partial charge on any atom is 0.0488 e. The molecule has 1 aromatic heterocycles. The van der Waals surface area contributed by atoms with Crippen molar-refractivity contribution in [2.75, 3.05) is 0 Å². The third-order valence-electron chi connectivity index (χ3n) is 7.65. The molecule has 1 aliphatic carbocycles. The molecule has 3 atom stereocenters. The van der Waals surface area contributed by atoms with Crippen molar-refractivity contribution in [3.05, 3.63) is 71.4 Å². The van der Waals surface area contributed by atoms with Gasteiger partial charge < -0.3 is 4.57 Å². The Morgan fingerprint density at radius 1 is 0.750 bits per heavy atom. The third kappa shape index (κ3) is 2.65. The van der Waals surface area contributed by atoms with E-state index in [9.17, 15) is 0 Å². The van der Waals surface area contributed by atoms with Gasteiger partial charge in [0.1, 0.15) is 0 Å². The highest BCUT2D eigenvalue weighted by Crippen LogP contribution is 2.45. The second-order valence-electron chi connectivity index (χ2n) is 9.19. The fourth-order valence-electron chi connectivity index (χ4n) is 6.46. The largest absolute Gasteiger partial charge is 0.341 e. The number of rotatable bonds is 3. The number of piperidine rings is 1. The first-order valence-corrected chi connectivity index (χ1v) is 11.3. The van der Waals surface area contributed by atoms with Gasteiger partial charge in [0, 0.05) is 41.3 Å². The van der Waals surface area contributed by atoms with E-state index in [2.05, 4.69) is 64.1 Å². The van der Waals surface area contributed by atoms with E-state index in [1.54, 1.807) is 11.3 Å². The highest BCUT2D eigenvalue weighted by molar-refractivity contribution is 5.86. The highest BCUT2D eigenvalue weighted by atomic mass is 15.2. The summed E-state index contributed by atoms with van der Waals surface area (Å²) in [6.45, 7) is 1.13. The van der Waals surface area contributed by atoms with Crippen LogP contribution < -0.4 is 0 Å². The van der Waals surface area contributed by atoms with Crippen LogP contribution in [0.3, 0.4) is 0 Å². The molecule has 1 unspecified atom stereocenters. The van der Waals surface area contributed by atoms with E-state index in [4.69, 9.17) is 0 Å². The molecule has 2 heteroatoms. The first-order chi connectivity index (χ1) is 13.9. The maximum atomic E-state index is 2.82. The zero-order valence-corrected chi connectivity index (χ0v) is 16.7. The molecule has 28 heavy (non-hydrogen) atoms. The molecule has 0 radical (unpaired) electrons. The molecule has 0 N–H and O–H groups in total. The standard InChI is InChI=1S/C26H30N2/c1-2-8-19(9-3-1)18-27-20-14-15-21(27)17-22(16-20)28-25-12-6-4-10-23(25)24-11-5-7-13-26(24)28/h1-4,6,8-10,12,20-22H,5,7,11,13-18H2/t20-,21+,22?. The summed E-state index contributed by atoms with van der Waals surface area (Å²) in [6.07, 6.45) is 10.7. The molecule has 2 fully saturated rings. The van der Waals surface area contributed by atoms with Crippen molar-refractivity contribution >= 4 is 10.9 Å². The Morgan fingerprint density at radius 2 is 1.46 bits per heavy atom. The van der Waals surface area contributed by atoms with Crippen LogP contribution in [0.25, 0.3) is 10.9 Å². The predicted octanol–water partition coefficient (Wildman–Crippen LogP) is 5.89. The average Bonchev–Trinajstić information content (AvgIpc) is 3.19. The van der Waals surface area contributed by atoms with Gasteiger partial charge in [-0.1, -0.05) is 48.5 Å². The van der Waals surface area contributed by atoms with E-state index in [0.29, 0.717) is 6.04 Å². The third-order valence-corrected chi connectivity index (χ3v) is 7.65. The second-order valence-corrected chi connectivity index (χ2v) is 9.19. The van der Waals surface area contributed by atoms with Crippen molar-refractivity contribution in [1.29, 1.82) is 0 Å². The number of benzene rings is 2. The fraction of sp³-hybridized carbons (Fsp3) is 0.462. The number of fused-ring (bicyclic) bond motifs is 5. The van der Waals surface area contributed by atoms with Crippen molar-refractivity contribution in [3.8, 4) is 0 Å². The number of aromatic nitrogens is 1. The lowest BCUT2D eigenvalue weighted by molar-refractivity contribution is 0.0997. The summed E-state index contributed by atoms with van der Waals surface area (Å²) in [6, 6.07) is 22.5. The van der Waals surface area contributed by atoms with Crippen molar-refractivity contribution in [3.63, 3.8) is 0 Å². The smallest absolute Gasteiger partial charge is 0.0488 e. The van der Waals surface area contributed by atoms with Gasteiger partial charge in [-0.15, -0.1) is 0 Å². The van der Waals surface area contributed by atoms with Crippen molar-refractivity contribution in [2.45, 2.75) is 76.0 Å². The molecule has 6 rings (SSSR count). The minimum absolute atomic E-state index is 0.691. The van der Waals surface area contributed by atoms with E-state index >= 15 is 0 Å². The SMILES string of the molecule is c1ccc(CN2[C@@H]3CC[C@H]2CC(n2c4c(c5ccccc52)CCCC4)C3)cc1. The molecule has 2 saturated heterocycles. The molecular weight excluding hydrogens is 340 g/mol. The molecule has 2 nitrogen and oxygen atoms in total. The van der Waals surface area contributed by atoms with Crippen LogP contribution in [0.1, 0.15) is 61.4 Å². The topological polar surface area (TPSA) is 8.17 Å². The Kier molecular flexibility index (Phi) is 4.08. The summed E-state index contributed by atoms with van der Waals surface area (Å²) >= 11 is 0. The fourth-order valence-corrected chi connectivity index (χ4v) is 6.46. The molecule has 2 aliphatic heterocycles. The highest BCUT2D eigenvalue weighted by Gasteiger charge is 2.42. The molecule has 0 amide bonds. The van der Waals surface area contributed by atoms with Crippen LogP contribution >= 0.6 is 0 Å². The van der Waals surface area contributed by atoms with Gasteiger partial charge in [0.2, 0.25) is 0 Å². The van der Waals surface area contributed by atoms with Gasteiger partial charge in [0.05, 0.1) is 0 Å². The summed E-state index contributed by atoms with van der Waals surface area (Å²) in [4.78, 5) is 2.82. The average molecular weight is 371 g/mol. The molecule has 0 saturated carbocycles.